The van der Waals surface area contributed by atoms with Crippen molar-refractivity contribution < 1.29 is 0 Å². The molecule has 1 aromatic heterocycles. The number of H-pyrrole nitrogens is 1. The average Bonchev–Trinajstić information content (AvgIpc) is 2.57. The van der Waals surface area contributed by atoms with Gasteiger partial charge in [-0.2, -0.15) is 0 Å². The maximum atomic E-state index is 5.47. The Labute approximate surface area is 97.2 Å². The summed E-state index contributed by atoms with van der Waals surface area (Å²) in [5.74, 6) is 1.02. The lowest BCUT2D eigenvalue weighted by atomic mass is 10.2. The van der Waals surface area contributed by atoms with E-state index in [1.807, 2.05) is 0 Å². The Kier molecular flexibility index (Phi) is 3.07. The first-order valence-electron chi connectivity index (χ1n) is 5.05. The number of aromatic nitrogens is 2. The van der Waals surface area contributed by atoms with Gasteiger partial charge in [-0.05, 0) is 53.5 Å². The van der Waals surface area contributed by atoms with E-state index in [0.717, 1.165) is 34.2 Å². The van der Waals surface area contributed by atoms with E-state index >= 15 is 0 Å². The van der Waals surface area contributed by atoms with E-state index in [1.165, 1.54) is 5.56 Å². The Morgan fingerprint density at radius 1 is 1.47 bits per heavy atom. The molecule has 3 N–H and O–H groups in total. The summed E-state index contributed by atoms with van der Waals surface area (Å²) < 4.78 is 1.05. The zero-order valence-corrected chi connectivity index (χ0v) is 10.3. The van der Waals surface area contributed by atoms with E-state index < -0.39 is 0 Å². The number of fused-ring (bicyclic) bond motifs is 1. The number of aromatic amines is 1. The largest absolute Gasteiger partial charge is 0.342 e. The molecule has 0 spiro atoms. The fourth-order valence-corrected chi connectivity index (χ4v) is 2.31. The molecular weight excluding hydrogens is 254 g/mol. The summed E-state index contributed by atoms with van der Waals surface area (Å²) >= 11 is 3.52. The van der Waals surface area contributed by atoms with Crippen molar-refractivity contribution in [3.8, 4) is 0 Å². The number of aryl methyl sites for hydroxylation is 2. The normalized spacial score (nSPS) is 11.1. The minimum Gasteiger partial charge on any atom is -0.342 e. The Balaban J connectivity index is 2.41. The number of benzene rings is 1. The molecule has 1 heterocycles. The fraction of sp³-hybridized carbons (Fsp3) is 0.364. The smallest absolute Gasteiger partial charge is 0.107 e. The SMILES string of the molecule is Cc1cc(Br)c2nc(CCCN)[nH]c2c1. The van der Waals surface area contributed by atoms with Gasteiger partial charge in [-0.3, -0.25) is 0 Å². The molecule has 0 aliphatic heterocycles. The van der Waals surface area contributed by atoms with Crippen molar-refractivity contribution in [3.63, 3.8) is 0 Å². The number of rotatable bonds is 3. The van der Waals surface area contributed by atoms with Crippen molar-refractivity contribution in [2.75, 3.05) is 6.54 Å². The molecular formula is C11H14BrN3. The van der Waals surface area contributed by atoms with E-state index in [1.54, 1.807) is 0 Å². The zero-order valence-electron chi connectivity index (χ0n) is 8.68. The molecule has 0 fully saturated rings. The van der Waals surface area contributed by atoms with Crippen LogP contribution in [0.3, 0.4) is 0 Å². The summed E-state index contributed by atoms with van der Waals surface area (Å²) in [5.41, 5.74) is 8.80. The van der Waals surface area contributed by atoms with E-state index in [0.29, 0.717) is 6.54 Å². The molecule has 0 unspecified atom stereocenters. The molecule has 80 valence electrons. The summed E-state index contributed by atoms with van der Waals surface area (Å²) in [5, 5.41) is 0. The van der Waals surface area contributed by atoms with Crippen LogP contribution in [0.4, 0.5) is 0 Å². The van der Waals surface area contributed by atoms with Crippen LogP contribution in [0.15, 0.2) is 16.6 Å². The Morgan fingerprint density at radius 2 is 2.27 bits per heavy atom. The van der Waals surface area contributed by atoms with Crippen LogP contribution in [-0.2, 0) is 6.42 Å². The van der Waals surface area contributed by atoms with Crippen LogP contribution in [0, 0.1) is 6.92 Å². The van der Waals surface area contributed by atoms with Crippen molar-refractivity contribution in [2.45, 2.75) is 19.8 Å². The van der Waals surface area contributed by atoms with Gasteiger partial charge in [0.2, 0.25) is 0 Å². The molecule has 0 atom stereocenters. The van der Waals surface area contributed by atoms with Crippen molar-refractivity contribution >= 4 is 27.0 Å². The van der Waals surface area contributed by atoms with Crippen LogP contribution in [0.5, 0.6) is 0 Å². The molecule has 0 saturated heterocycles. The van der Waals surface area contributed by atoms with Gasteiger partial charge in [0.25, 0.3) is 0 Å². The second-order valence-electron chi connectivity index (χ2n) is 3.72. The first kappa shape index (κ1) is 10.6. The van der Waals surface area contributed by atoms with Gasteiger partial charge in [-0.15, -0.1) is 0 Å². The van der Waals surface area contributed by atoms with E-state index in [4.69, 9.17) is 5.73 Å². The Bertz CT molecular complexity index is 476. The maximum Gasteiger partial charge on any atom is 0.107 e. The van der Waals surface area contributed by atoms with Crippen LogP contribution in [0.25, 0.3) is 11.0 Å². The number of hydrogen-bond donors (Lipinski definition) is 2. The molecule has 0 bridgehead atoms. The molecule has 4 heteroatoms. The van der Waals surface area contributed by atoms with Gasteiger partial charge in [0, 0.05) is 10.9 Å². The van der Waals surface area contributed by atoms with Crippen LogP contribution in [-0.4, -0.2) is 16.5 Å². The Morgan fingerprint density at radius 3 is 3.00 bits per heavy atom. The number of hydrogen-bond acceptors (Lipinski definition) is 2. The standard InChI is InChI=1S/C11H14BrN3/c1-7-5-8(12)11-9(6-7)14-10(15-11)3-2-4-13/h5-6H,2-4,13H2,1H3,(H,14,15). The van der Waals surface area contributed by atoms with E-state index in [-0.39, 0.29) is 0 Å². The first-order chi connectivity index (χ1) is 7.20. The molecule has 0 saturated carbocycles. The number of nitrogens with two attached hydrogens (primary N) is 1. The van der Waals surface area contributed by atoms with Gasteiger partial charge in [0.15, 0.2) is 0 Å². The predicted molar refractivity (Wildman–Crippen MR) is 65.9 cm³/mol. The van der Waals surface area contributed by atoms with Gasteiger partial charge >= 0.3 is 0 Å². The number of imidazole rings is 1. The molecule has 2 aromatic rings. The topological polar surface area (TPSA) is 54.7 Å². The highest BCUT2D eigenvalue weighted by atomic mass is 79.9. The van der Waals surface area contributed by atoms with Gasteiger partial charge in [-0.25, -0.2) is 4.98 Å². The summed E-state index contributed by atoms with van der Waals surface area (Å²) in [7, 11) is 0. The number of nitrogens with one attached hydrogen (secondary N) is 1. The molecule has 0 amide bonds. The summed E-state index contributed by atoms with van der Waals surface area (Å²) in [6.45, 7) is 2.78. The van der Waals surface area contributed by atoms with Crippen molar-refractivity contribution in [3.05, 3.63) is 28.0 Å². The van der Waals surface area contributed by atoms with Gasteiger partial charge in [0.05, 0.1) is 5.52 Å². The first-order valence-corrected chi connectivity index (χ1v) is 5.85. The number of nitrogens with zero attached hydrogens (tertiary/aromatic N) is 1. The van der Waals surface area contributed by atoms with Gasteiger partial charge < -0.3 is 10.7 Å². The third-order valence-electron chi connectivity index (χ3n) is 2.35. The van der Waals surface area contributed by atoms with E-state index in [2.05, 4.69) is 45.0 Å². The highest BCUT2D eigenvalue weighted by molar-refractivity contribution is 9.10. The quantitative estimate of drug-likeness (QED) is 0.898. The third-order valence-corrected chi connectivity index (χ3v) is 2.96. The summed E-state index contributed by atoms with van der Waals surface area (Å²) in [6.07, 6.45) is 1.88. The number of halogens is 1. The fourth-order valence-electron chi connectivity index (χ4n) is 1.65. The third kappa shape index (κ3) is 2.21. The predicted octanol–water partition coefficient (Wildman–Crippen LogP) is 2.53. The molecule has 0 radical (unpaired) electrons. The van der Waals surface area contributed by atoms with Crippen LogP contribution >= 0.6 is 15.9 Å². The maximum absolute atomic E-state index is 5.47. The summed E-state index contributed by atoms with van der Waals surface area (Å²) in [6, 6.07) is 4.19. The molecule has 0 aliphatic carbocycles. The zero-order chi connectivity index (χ0) is 10.8. The molecule has 0 aliphatic rings. The molecule has 1 aromatic carbocycles. The van der Waals surface area contributed by atoms with Crippen LogP contribution in [0.2, 0.25) is 0 Å². The molecule has 3 nitrogen and oxygen atoms in total. The van der Waals surface area contributed by atoms with Crippen LogP contribution in [0.1, 0.15) is 17.8 Å². The van der Waals surface area contributed by atoms with Crippen molar-refractivity contribution in [1.29, 1.82) is 0 Å². The lowest BCUT2D eigenvalue weighted by molar-refractivity contribution is 0.796. The molecule has 15 heavy (non-hydrogen) atoms. The van der Waals surface area contributed by atoms with Gasteiger partial charge in [-0.1, -0.05) is 0 Å². The monoisotopic (exact) mass is 267 g/mol. The Hall–Kier alpha value is -0.870. The van der Waals surface area contributed by atoms with Crippen molar-refractivity contribution in [2.24, 2.45) is 5.73 Å². The minimum atomic E-state index is 0.706. The van der Waals surface area contributed by atoms with Gasteiger partial charge in [0.1, 0.15) is 11.3 Å². The van der Waals surface area contributed by atoms with Crippen LogP contribution < -0.4 is 5.73 Å². The minimum absolute atomic E-state index is 0.706. The highest BCUT2D eigenvalue weighted by Crippen LogP contribution is 2.24. The molecule has 2 rings (SSSR count). The average molecular weight is 268 g/mol. The lowest BCUT2D eigenvalue weighted by Crippen LogP contribution is -2.01. The second kappa shape index (κ2) is 4.33. The lowest BCUT2D eigenvalue weighted by Gasteiger charge is -1.94. The summed E-state index contributed by atoms with van der Waals surface area (Å²) in [4.78, 5) is 7.85. The van der Waals surface area contributed by atoms with Crippen molar-refractivity contribution in [1.82, 2.24) is 9.97 Å². The second-order valence-corrected chi connectivity index (χ2v) is 4.57. The highest BCUT2D eigenvalue weighted by Gasteiger charge is 2.06. The van der Waals surface area contributed by atoms with E-state index in [9.17, 15) is 0 Å².